The van der Waals surface area contributed by atoms with E-state index in [4.69, 9.17) is 9.15 Å². The first kappa shape index (κ1) is 12.2. The smallest absolute Gasteiger partial charge is 0.224 e. The van der Waals surface area contributed by atoms with Crippen LogP contribution in [-0.2, 0) is 11.2 Å². The number of furan rings is 1. The van der Waals surface area contributed by atoms with Gasteiger partial charge in [-0.15, -0.1) is 0 Å². The summed E-state index contributed by atoms with van der Waals surface area (Å²) in [5.74, 6) is 1.25. The first-order chi connectivity index (χ1) is 8.78. The molecule has 0 atom stereocenters. The van der Waals surface area contributed by atoms with Gasteiger partial charge in [0.2, 0.25) is 11.8 Å². The second kappa shape index (κ2) is 5.86. The Morgan fingerprint density at radius 2 is 2.33 bits per heavy atom. The van der Waals surface area contributed by atoms with Crippen LogP contribution in [0.1, 0.15) is 12.2 Å². The molecule has 2 aromatic rings. The molecule has 18 heavy (non-hydrogen) atoms. The van der Waals surface area contributed by atoms with Crippen LogP contribution >= 0.6 is 0 Å². The number of hydrogen-bond donors (Lipinski definition) is 1. The van der Waals surface area contributed by atoms with Gasteiger partial charge in [0, 0.05) is 18.9 Å². The van der Waals surface area contributed by atoms with Gasteiger partial charge in [0.15, 0.2) is 0 Å². The third kappa shape index (κ3) is 3.35. The van der Waals surface area contributed by atoms with Crippen molar-refractivity contribution in [3.63, 3.8) is 0 Å². The molecule has 2 heterocycles. The van der Waals surface area contributed by atoms with E-state index < -0.39 is 0 Å². The first-order valence-electron chi connectivity index (χ1n) is 5.60. The molecule has 2 aromatic heterocycles. The van der Waals surface area contributed by atoms with Crippen molar-refractivity contribution in [2.75, 3.05) is 12.4 Å². The molecule has 94 valence electrons. The van der Waals surface area contributed by atoms with Gasteiger partial charge in [-0.05, 0) is 18.2 Å². The van der Waals surface area contributed by atoms with Gasteiger partial charge in [-0.25, -0.2) is 4.98 Å². The third-order valence-corrected chi connectivity index (χ3v) is 2.41. The third-order valence-electron chi connectivity index (χ3n) is 2.41. The van der Waals surface area contributed by atoms with Crippen molar-refractivity contribution >= 4 is 11.6 Å². The van der Waals surface area contributed by atoms with Gasteiger partial charge in [0.05, 0.1) is 25.3 Å². The fourth-order valence-electron chi connectivity index (χ4n) is 1.49. The van der Waals surface area contributed by atoms with Crippen molar-refractivity contribution < 1.29 is 13.9 Å². The number of ether oxygens (including phenoxy) is 1. The lowest BCUT2D eigenvalue weighted by Crippen LogP contribution is -2.12. The molecule has 0 fully saturated rings. The van der Waals surface area contributed by atoms with Gasteiger partial charge in [-0.3, -0.25) is 4.79 Å². The largest absolute Gasteiger partial charge is 0.481 e. The summed E-state index contributed by atoms with van der Waals surface area (Å²) in [7, 11) is 1.55. The maximum absolute atomic E-state index is 11.7. The van der Waals surface area contributed by atoms with E-state index in [1.807, 2.05) is 6.07 Å². The monoisotopic (exact) mass is 246 g/mol. The van der Waals surface area contributed by atoms with Gasteiger partial charge in [-0.1, -0.05) is 0 Å². The number of carbonyl (C=O) groups excluding carboxylic acids is 1. The number of rotatable bonds is 5. The predicted octanol–water partition coefficient (Wildman–Crippen LogP) is 2.25. The minimum Gasteiger partial charge on any atom is -0.481 e. The number of amides is 1. The number of aromatic nitrogens is 1. The van der Waals surface area contributed by atoms with E-state index in [2.05, 4.69) is 10.3 Å². The fourth-order valence-corrected chi connectivity index (χ4v) is 1.49. The molecule has 0 aliphatic heterocycles. The van der Waals surface area contributed by atoms with Gasteiger partial charge in [-0.2, -0.15) is 0 Å². The average Bonchev–Trinajstić information content (AvgIpc) is 2.90. The van der Waals surface area contributed by atoms with Crippen LogP contribution in [-0.4, -0.2) is 18.0 Å². The molecule has 0 aliphatic carbocycles. The van der Waals surface area contributed by atoms with Crippen LogP contribution in [0.5, 0.6) is 5.88 Å². The summed E-state index contributed by atoms with van der Waals surface area (Å²) in [6.45, 7) is 0. The molecular formula is C13H14N2O3. The highest BCUT2D eigenvalue weighted by Crippen LogP contribution is 2.11. The summed E-state index contributed by atoms with van der Waals surface area (Å²) >= 11 is 0. The normalized spacial score (nSPS) is 10.1. The number of aryl methyl sites for hydroxylation is 1. The molecule has 1 N–H and O–H groups in total. The van der Waals surface area contributed by atoms with Crippen LogP contribution < -0.4 is 10.1 Å². The molecule has 1 amide bonds. The van der Waals surface area contributed by atoms with E-state index in [0.29, 0.717) is 24.4 Å². The molecule has 0 spiro atoms. The summed E-state index contributed by atoms with van der Waals surface area (Å²) in [4.78, 5) is 15.7. The Balaban J connectivity index is 1.83. The molecule has 5 nitrogen and oxygen atoms in total. The van der Waals surface area contributed by atoms with E-state index in [-0.39, 0.29) is 5.91 Å². The molecule has 0 unspecified atom stereocenters. The lowest BCUT2D eigenvalue weighted by atomic mass is 10.2. The second-order valence-electron chi connectivity index (χ2n) is 3.72. The molecule has 0 saturated carbocycles. The zero-order chi connectivity index (χ0) is 12.8. The van der Waals surface area contributed by atoms with Gasteiger partial charge in [0.1, 0.15) is 5.76 Å². The van der Waals surface area contributed by atoms with E-state index >= 15 is 0 Å². The van der Waals surface area contributed by atoms with Crippen LogP contribution in [0.4, 0.5) is 5.69 Å². The summed E-state index contributed by atoms with van der Waals surface area (Å²) in [6, 6.07) is 7.10. The van der Waals surface area contributed by atoms with E-state index in [1.54, 1.807) is 37.8 Å². The molecule has 5 heteroatoms. The Bertz CT molecular complexity index is 491. The molecule has 0 bridgehead atoms. The molecular weight excluding hydrogens is 232 g/mol. The summed E-state index contributed by atoms with van der Waals surface area (Å²) < 4.78 is 10.1. The number of nitrogens with one attached hydrogen (secondary N) is 1. The minimum absolute atomic E-state index is 0.0710. The standard InChI is InChI=1S/C13H14N2O3/c1-17-13-7-4-10(9-14-13)15-12(16)6-5-11-3-2-8-18-11/h2-4,7-9H,5-6H2,1H3,(H,15,16). The van der Waals surface area contributed by atoms with E-state index in [1.165, 1.54) is 0 Å². The van der Waals surface area contributed by atoms with E-state index in [0.717, 1.165) is 5.76 Å². The second-order valence-corrected chi connectivity index (χ2v) is 3.72. The lowest BCUT2D eigenvalue weighted by molar-refractivity contribution is -0.116. The number of pyridine rings is 1. The summed E-state index contributed by atoms with van der Waals surface area (Å²) in [5.41, 5.74) is 0.653. The highest BCUT2D eigenvalue weighted by molar-refractivity contribution is 5.90. The summed E-state index contributed by atoms with van der Waals surface area (Å²) in [6.07, 6.45) is 4.12. The maximum Gasteiger partial charge on any atom is 0.224 e. The summed E-state index contributed by atoms with van der Waals surface area (Å²) in [5, 5.41) is 2.76. The van der Waals surface area contributed by atoms with Crippen LogP contribution in [0.2, 0.25) is 0 Å². The number of nitrogens with zero attached hydrogens (tertiary/aromatic N) is 1. The van der Waals surface area contributed by atoms with Crippen LogP contribution in [0, 0.1) is 0 Å². The maximum atomic E-state index is 11.7. The quantitative estimate of drug-likeness (QED) is 0.878. The number of methoxy groups -OCH3 is 1. The van der Waals surface area contributed by atoms with Crippen LogP contribution in [0.25, 0.3) is 0 Å². The zero-order valence-electron chi connectivity index (χ0n) is 10.1. The Labute approximate surface area is 105 Å². The van der Waals surface area contributed by atoms with Gasteiger partial charge in [0.25, 0.3) is 0 Å². The minimum atomic E-state index is -0.0710. The van der Waals surface area contributed by atoms with Gasteiger partial charge < -0.3 is 14.5 Å². The number of carbonyl (C=O) groups is 1. The molecule has 0 aliphatic rings. The fraction of sp³-hybridized carbons (Fsp3) is 0.231. The van der Waals surface area contributed by atoms with Crippen LogP contribution in [0.3, 0.4) is 0 Å². The van der Waals surface area contributed by atoms with Crippen molar-refractivity contribution in [2.45, 2.75) is 12.8 Å². The van der Waals surface area contributed by atoms with Crippen molar-refractivity contribution in [2.24, 2.45) is 0 Å². The molecule has 0 saturated heterocycles. The van der Waals surface area contributed by atoms with Crippen molar-refractivity contribution in [3.05, 3.63) is 42.5 Å². The number of anilines is 1. The SMILES string of the molecule is COc1ccc(NC(=O)CCc2ccco2)cn1. The highest BCUT2D eigenvalue weighted by Gasteiger charge is 2.05. The predicted molar refractivity (Wildman–Crippen MR) is 66.4 cm³/mol. The topological polar surface area (TPSA) is 64.4 Å². The molecule has 2 rings (SSSR count). The molecule has 0 radical (unpaired) electrons. The Kier molecular flexibility index (Phi) is 3.96. The highest BCUT2D eigenvalue weighted by atomic mass is 16.5. The van der Waals surface area contributed by atoms with Crippen LogP contribution in [0.15, 0.2) is 41.1 Å². The van der Waals surface area contributed by atoms with Gasteiger partial charge >= 0.3 is 0 Å². The lowest BCUT2D eigenvalue weighted by Gasteiger charge is -2.04. The zero-order valence-corrected chi connectivity index (χ0v) is 10.1. The number of hydrogen-bond acceptors (Lipinski definition) is 4. The van der Waals surface area contributed by atoms with E-state index in [9.17, 15) is 4.79 Å². The van der Waals surface area contributed by atoms with Crippen molar-refractivity contribution in [1.82, 2.24) is 4.98 Å². The first-order valence-corrected chi connectivity index (χ1v) is 5.60. The Morgan fingerprint density at radius 1 is 1.44 bits per heavy atom. The Hall–Kier alpha value is -2.30. The van der Waals surface area contributed by atoms with Crippen molar-refractivity contribution in [1.29, 1.82) is 0 Å². The Morgan fingerprint density at radius 3 is 2.94 bits per heavy atom. The average molecular weight is 246 g/mol. The molecule has 0 aromatic carbocycles. The van der Waals surface area contributed by atoms with Crippen molar-refractivity contribution in [3.8, 4) is 5.88 Å².